The molecule has 0 atom stereocenters. The Morgan fingerprint density at radius 3 is 2.62 bits per heavy atom. The standard InChI is InChI=1S/C26H22BrN5O4S/c27-19-7-3-2-6-18(19)25-29-20-15-17(9-11-23(20)36-25)28-26(37)30-24(33)16-8-10-21(22(14-16)32(34)35)31-12-4-1-5-13-31/h2-3,6-11,14-15H,1,4-5,12-13H2,(H2,28,30,33,37). The first-order chi connectivity index (χ1) is 17.9. The van der Waals surface area contributed by atoms with Crippen molar-refractivity contribution in [3.8, 4) is 11.5 Å². The van der Waals surface area contributed by atoms with Crippen LogP contribution in [0.2, 0.25) is 0 Å². The van der Waals surface area contributed by atoms with Crippen molar-refractivity contribution in [1.29, 1.82) is 0 Å². The fourth-order valence-electron chi connectivity index (χ4n) is 4.31. The number of nitrogens with one attached hydrogen (secondary N) is 2. The molecule has 4 aromatic rings. The van der Waals surface area contributed by atoms with Gasteiger partial charge in [0.05, 0.1) is 10.5 Å². The number of carbonyl (C=O) groups is 1. The topological polar surface area (TPSA) is 114 Å². The van der Waals surface area contributed by atoms with E-state index in [1.54, 1.807) is 30.3 Å². The van der Waals surface area contributed by atoms with Crippen LogP contribution in [0.3, 0.4) is 0 Å². The number of anilines is 2. The van der Waals surface area contributed by atoms with Gasteiger partial charge in [0.1, 0.15) is 11.2 Å². The van der Waals surface area contributed by atoms with Crippen LogP contribution in [0, 0.1) is 10.1 Å². The first-order valence-corrected chi connectivity index (χ1v) is 12.9. The van der Waals surface area contributed by atoms with E-state index in [1.807, 2.05) is 29.2 Å². The summed E-state index contributed by atoms with van der Waals surface area (Å²) in [7, 11) is 0. The highest BCUT2D eigenvalue weighted by atomic mass is 79.9. The molecule has 3 aromatic carbocycles. The molecule has 0 aliphatic carbocycles. The first kappa shape index (κ1) is 24.8. The Balaban J connectivity index is 1.29. The summed E-state index contributed by atoms with van der Waals surface area (Å²) < 4.78 is 6.74. The molecule has 0 spiro atoms. The van der Waals surface area contributed by atoms with E-state index in [4.69, 9.17) is 16.6 Å². The van der Waals surface area contributed by atoms with E-state index >= 15 is 0 Å². The number of nitro benzene ring substituents is 1. The predicted molar refractivity (Wildman–Crippen MR) is 150 cm³/mol. The van der Waals surface area contributed by atoms with Crippen LogP contribution in [0.1, 0.15) is 29.6 Å². The Labute approximate surface area is 226 Å². The zero-order valence-corrected chi connectivity index (χ0v) is 22.0. The molecule has 0 unspecified atom stereocenters. The normalized spacial score (nSPS) is 13.4. The molecule has 1 aliphatic heterocycles. The minimum atomic E-state index is -0.537. The number of hydrogen-bond acceptors (Lipinski definition) is 7. The van der Waals surface area contributed by atoms with Gasteiger partial charge in [-0.3, -0.25) is 20.2 Å². The average Bonchev–Trinajstić information content (AvgIpc) is 3.32. The second kappa shape index (κ2) is 10.7. The van der Waals surface area contributed by atoms with Gasteiger partial charge in [0.25, 0.3) is 11.6 Å². The van der Waals surface area contributed by atoms with Gasteiger partial charge in [-0.05, 0) is 89.9 Å². The lowest BCUT2D eigenvalue weighted by molar-refractivity contribution is -0.384. The third-order valence-electron chi connectivity index (χ3n) is 6.11. The Morgan fingerprint density at radius 2 is 1.86 bits per heavy atom. The van der Waals surface area contributed by atoms with Crippen molar-refractivity contribution in [3.63, 3.8) is 0 Å². The fraction of sp³-hybridized carbons (Fsp3) is 0.192. The molecular weight excluding hydrogens is 558 g/mol. The summed E-state index contributed by atoms with van der Waals surface area (Å²) in [5.74, 6) is -0.0605. The molecule has 0 radical (unpaired) electrons. The first-order valence-electron chi connectivity index (χ1n) is 11.7. The van der Waals surface area contributed by atoms with Crippen LogP contribution in [0.5, 0.6) is 0 Å². The van der Waals surface area contributed by atoms with Crippen molar-refractivity contribution in [2.45, 2.75) is 19.3 Å². The van der Waals surface area contributed by atoms with Crippen LogP contribution in [0.25, 0.3) is 22.6 Å². The summed E-state index contributed by atoms with van der Waals surface area (Å²) in [6.07, 6.45) is 3.10. The van der Waals surface area contributed by atoms with E-state index in [1.165, 1.54) is 6.07 Å². The number of piperidine rings is 1. The maximum Gasteiger partial charge on any atom is 0.293 e. The number of halogens is 1. The fourth-order valence-corrected chi connectivity index (χ4v) is 4.97. The molecule has 2 N–H and O–H groups in total. The van der Waals surface area contributed by atoms with Gasteiger partial charge < -0.3 is 14.6 Å². The van der Waals surface area contributed by atoms with Gasteiger partial charge in [0.2, 0.25) is 5.89 Å². The Morgan fingerprint density at radius 1 is 1.08 bits per heavy atom. The summed E-state index contributed by atoms with van der Waals surface area (Å²) in [6, 6.07) is 17.4. The molecule has 37 heavy (non-hydrogen) atoms. The van der Waals surface area contributed by atoms with Crippen molar-refractivity contribution in [2.75, 3.05) is 23.3 Å². The van der Waals surface area contributed by atoms with Crippen LogP contribution < -0.4 is 15.5 Å². The number of nitro groups is 1. The van der Waals surface area contributed by atoms with Gasteiger partial charge in [0.15, 0.2) is 10.7 Å². The summed E-state index contributed by atoms with van der Waals surface area (Å²) >= 11 is 8.82. The molecule has 1 aromatic heterocycles. The van der Waals surface area contributed by atoms with E-state index < -0.39 is 10.8 Å². The zero-order chi connectivity index (χ0) is 25.9. The lowest BCUT2D eigenvalue weighted by atomic mass is 10.1. The Hall–Kier alpha value is -3.83. The second-order valence-corrected chi connectivity index (χ2v) is 9.86. The Bertz CT molecular complexity index is 1520. The van der Waals surface area contributed by atoms with Gasteiger partial charge in [-0.15, -0.1) is 0 Å². The Kier molecular flexibility index (Phi) is 7.15. The van der Waals surface area contributed by atoms with Crippen LogP contribution >= 0.6 is 28.1 Å². The monoisotopic (exact) mass is 579 g/mol. The molecule has 1 aliphatic rings. The predicted octanol–water partition coefficient (Wildman–Crippen LogP) is 6.28. The summed E-state index contributed by atoms with van der Waals surface area (Å²) in [6.45, 7) is 1.53. The van der Waals surface area contributed by atoms with E-state index in [0.29, 0.717) is 28.4 Å². The molecule has 5 rings (SSSR count). The SMILES string of the molecule is O=C(NC(=S)Nc1ccc2oc(-c3ccccc3Br)nc2c1)c1ccc(N2CCCCC2)c([N+](=O)[O-])c1. The van der Waals surface area contributed by atoms with Gasteiger partial charge in [-0.1, -0.05) is 12.1 Å². The third-order valence-corrected chi connectivity index (χ3v) is 7.00. The van der Waals surface area contributed by atoms with E-state index in [2.05, 4.69) is 31.5 Å². The number of rotatable bonds is 5. The van der Waals surface area contributed by atoms with E-state index in [9.17, 15) is 14.9 Å². The van der Waals surface area contributed by atoms with Crippen molar-refractivity contribution < 1.29 is 14.1 Å². The number of aromatic nitrogens is 1. The average molecular weight is 580 g/mol. The number of amides is 1. The maximum atomic E-state index is 12.8. The lowest BCUT2D eigenvalue weighted by Gasteiger charge is -2.28. The van der Waals surface area contributed by atoms with Crippen LogP contribution in [-0.2, 0) is 0 Å². The molecular formula is C26H22BrN5O4S. The second-order valence-electron chi connectivity index (χ2n) is 8.60. The molecule has 2 heterocycles. The highest BCUT2D eigenvalue weighted by molar-refractivity contribution is 9.10. The van der Waals surface area contributed by atoms with Crippen molar-refractivity contribution in [1.82, 2.24) is 10.3 Å². The van der Waals surface area contributed by atoms with E-state index in [0.717, 1.165) is 42.4 Å². The van der Waals surface area contributed by atoms with Crippen molar-refractivity contribution in [3.05, 3.63) is 80.8 Å². The minimum Gasteiger partial charge on any atom is -0.436 e. The van der Waals surface area contributed by atoms with Gasteiger partial charge in [0, 0.05) is 34.9 Å². The van der Waals surface area contributed by atoms with Crippen molar-refractivity contribution >= 4 is 67.3 Å². The van der Waals surface area contributed by atoms with E-state index in [-0.39, 0.29) is 16.4 Å². The van der Waals surface area contributed by atoms with Gasteiger partial charge in [-0.2, -0.15) is 0 Å². The summed E-state index contributed by atoms with van der Waals surface area (Å²) in [5.41, 5.74) is 3.26. The number of thiocarbonyl (C=S) groups is 1. The smallest absolute Gasteiger partial charge is 0.293 e. The van der Waals surface area contributed by atoms with Gasteiger partial charge in [-0.25, -0.2) is 4.98 Å². The molecule has 9 nitrogen and oxygen atoms in total. The molecule has 0 bridgehead atoms. The molecule has 188 valence electrons. The minimum absolute atomic E-state index is 0.0571. The molecule has 1 fully saturated rings. The summed E-state index contributed by atoms with van der Waals surface area (Å²) in [4.78, 5) is 30.6. The molecule has 11 heteroatoms. The lowest BCUT2D eigenvalue weighted by Crippen LogP contribution is -2.34. The third kappa shape index (κ3) is 5.47. The van der Waals surface area contributed by atoms with Crippen LogP contribution in [0.4, 0.5) is 17.1 Å². The number of benzene rings is 3. The quantitative estimate of drug-likeness (QED) is 0.161. The number of carbonyl (C=O) groups excluding carboxylic acids is 1. The number of oxazole rings is 1. The maximum absolute atomic E-state index is 12.8. The number of nitrogens with zero attached hydrogens (tertiary/aromatic N) is 3. The van der Waals surface area contributed by atoms with Crippen LogP contribution in [0.15, 0.2) is 69.6 Å². The number of fused-ring (bicyclic) bond motifs is 1. The van der Waals surface area contributed by atoms with Gasteiger partial charge >= 0.3 is 0 Å². The highest BCUT2D eigenvalue weighted by Gasteiger charge is 2.23. The van der Waals surface area contributed by atoms with Crippen LogP contribution in [-0.4, -0.2) is 34.0 Å². The number of hydrogen-bond donors (Lipinski definition) is 2. The zero-order valence-electron chi connectivity index (χ0n) is 19.6. The molecule has 1 saturated heterocycles. The summed E-state index contributed by atoms with van der Waals surface area (Å²) in [5, 5.41) is 17.3. The molecule has 0 saturated carbocycles. The highest BCUT2D eigenvalue weighted by Crippen LogP contribution is 2.32. The molecule has 1 amide bonds. The van der Waals surface area contributed by atoms with Crippen molar-refractivity contribution in [2.24, 2.45) is 0 Å². The largest absolute Gasteiger partial charge is 0.436 e.